The van der Waals surface area contributed by atoms with Crippen LogP contribution in [0.4, 0.5) is 11.4 Å². The number of hydrogen-bond donors (Lipinski definition) is 2. The number of carbonyl (C=O) groups is 2. The van der Waals surface area contributed by atoms with E-state index in [2.05, 4.69) is 39.8 Å². The van der Waals surface area contributed by atoms with Gasteiger partial charge in [0, 0.05) is 31.0 Å². The van der Waals surface area contributed by atoms with Crippen molar-refractivity contribution in [2.24, 2.45) is 0 Å². The number of carbonyl (C=O) groups excluding carboxylic acids is 2. The van der Waals surface area contributed by atoms with E-state index >= 15 is 0 Å². The first-order valence-electron chi connectivity index (χ1n) is 9.62. The van der Waals surface area contributed by atoms with Crippen LogP contribution in [0.2, 0.25) is 0 Å². The highest BCUT2D eigenvalue weighted by Gasteiger charge is 2.14. The van der Waals surface area contributed by atoms with E-state index in [9.17, 15) is 9.59 Å². The standard InChI is InChI=1S/C22H27N3O2/c1-17-7-2-3-9-20(17)24-22(27)21(26)23-14-6-8-18-10-12-19(13-11-18)25-15-4-5-16-25/h2-3,7,9-13H,4-6,8,14-16H2,1H3,(H,23,26)(H,24,27). The van der Waals surface area contributed by atoms with E-state index in [1.54, 1.807) is 6.07 Å². The molecule has 1 aliphatic heterocycles. The van der Waals surface area contributed by atoms with Crippen molar-refractivity contribution in [3.63, 3.8) is 0 Å². The Morgan fingerprint density at radius 1 is 0.963 bits per heavy atom. The topological polar surface area (TPSA) is 61.4 Å². The van der Waals surface area contributed by atoms with Crippen LogP contribution in [0.5, 0.6) is 0 Å². The van der Waals surface area contributed by atoms with Gasteiger partial charge in [0.25, 0.3) is 0 Å². The Morgan fingerprint density at radius 2 is 1.67 bits per heavy atom. The van der Waals surface area contributed by atoms with Crippen molar-refractivity contribution in [2.75, 3.05) is 29.9 Å². The fraction of sp³-hybridized carbons (Fsp3) is 0.364. The maximum absolute atomic E-state index is 12.0. The lowest BCUT2D eigenvalue weighted by atomic mass is 10.1. The van der Waals surface area contributed by atoms with E-state index < -0.39 is 11.8 Å². The normalized spacial score (nSPS) is 13.4. The molecule has 5 heteroatoms. The van der Waals surface area contributed by atoms with Crippen LogP contribution in [0, 0.1) is 6.92 Å². The molecule has 5 nitrogen and oxygen atoms in total. The van der Waals surface area contributed by atoms with Crippen LogP contribution >= 0.6 is 0 Å². The highest BCUT2D eigenvalue weighted by molar-refractivity contribution is 6.39. The van der Waals surface area contributed by atoms with E-state index in [0.29, 0.717) is 12.2 Å². The summed E-state index contributed by atoms with van der Waals surface area (Å²) in [7, 11) is 0. The Balaban J connectivity index is 1.38. The zero-order valence-electron chi connectivity index (χ0n) is 15.8. The van der Waals surface area contributed by atoms with Crippen LogP contribution in [0.1, 0.15) is 30.4 Å². The molecule has 0 spiro atoms. The minimum absolute atomic E-state index is 0.480. The molecule has 0 aromatic heterocycles. The molecule has 1 aliphatic rings. The van der Waals surface area contributed by atoms with Gasteiger partial charge in [0.1, 0.15) is 0 Å². The molecule has 2 aromatic rings. The summed E-state index contributed by atoms with van der Waals surface area (Å²) in [5.74, 6) is -1.22. The highest BCUT2D eigenvalue weighted by Crippen LogP contribution is 2.20. The predicted molar refractivity (Wildman–Crippen MR) is 109 cm³/mol. The van der Waals surface area contributed by atoms with Crippen LogP contribution in [-0.2, 0) is 16.0 Å². The van der Waals surface area contributed by atoms with Gasteiger partial charge < -0.3 is 15.5 Å². The predicted octanol–water partition coefficient (Wildman–Crippen LogP) is 3.28. The average Bonchev–Trinajstić information content (AvgIpc) is 3.22. The van der Waals surface area contributed by atoms with Gasteiger partial charge in [-0.3, -0.25) is 9.59 Å². The molecule has 0 radical (unpaired) electrons. The summed E-state index contributed by atoms with van der Waals surface area (Å²) in [6, 6.07) is 16.1. The monoisotopic (exact) mass is 365 g/mol. The third kappa shape index (κ3) is 5.33. The lowest BCUT2D eigenvalue weighted by Crippen LogP contribution is -2.36. The van der Waals surface area contributed by atoms with Gasteiger partial charge in [0.15, 0.2) is 0 Å². The molecule has 0 aliphatic carbocycles. The molecule has 0 atom stereocenters. The van der Waals surface area contributed by atoms with E-state index in [4.69, 9.17) is 0 Å². The molecule has 142 valence electrons. The maximum Gasteiger partial charge on any atom is 0.313 e. The fourth-order valence-electron chi connectivity index (χ4n) is 3.32. The Hall–Kier alpha value is -2.82. The average molecular weight is 365 g/mol. The molecule has 0 bridgehead atoms. The van der Waals surface area contributed by atoms with Gasteiger partial charge in [-0.05, 0) is 61.9 Å². The third-order valence-corrected chi connectivity index (χ3v) is 4.93. The molecule has 2 N–H and O–H groups in total. The van der Waals surface area contributed by atoms with Crippen molar-refractivity contribution in [3.05, 3.63) is 59.7 Å². The molecular weight excluding hydrogens is 338 g/mol. The van der Waals surface area contributed by atoms with E-state index in [-0.39, 0.29) is 0 Å². The van der Waals surface area contributed by atoms with Crippen molar-refractivity contribution < 1.29 is 9.59 Å². The first kappa shape index (κ1) is 19.0. The summed E-state index contributed by atoms with van der Waals surface area (Å²) in [6.45, 7) is 4.67. The molecule has 1 heterocycles. The number of benzene rings is 2. The molecule has 1 fully saturated rings. The Morgan fingerprint density at radius 3 is 2.37 bits per heavy atom. The van der Waals surface area contributed by atoms with Crippen LogP contribution in [0.3, 0.4) is 0 Å². The second-order valence-electron chi connectivity index (χ2n) is 6.99. The summed E-state index contributed by atoms with van der Waals surface area (Å²) in [5, 5.41) is 5.34. The van der Waals surface area contributed by atoms with E-state index in [1.165, 1.54) is 24.1 Å². The number of para-hydroxylation sites is 1. The van der Waals surface area contributed by atoms with Crippen molar-refractivity contribution >= 4 is 23.2 Å². The van der Waals surface area contributed by atoms with Crippen molar-refractivity contribution in [2.45, 2.75) is 32.6 Å². The van der Waals surface area contributed by atoms with Crippen LogP contribution < -0.4 is 15.5 Å². The zero-order valence-corrected chi connectivity index (χ0v) is 15.8. The Kier molecular flexibility index (Phi) is 6.47. The van der Waals surface area contributed by atoms with Gasteiger partial charge in [-0.2, -0.15) is 0 Å². The molecule has 27 heavy (non-hydrogen) atoms. The minimum atomic E-state index is -0.626. The number of rotatable bonds is 6. The lowest BCUT2D eigenvalue weighted by molar-refractivity contribution is -0.136. The third-order valence-electron chi connectivity index (χ3n) is 4.93. The molecule has 3 rings (SSSR count). The van der Waals surface area contributed by atoms with Crippen molar-refractivity contribution in [3.8, 4) is 0 Å². The van der Waals surface area contributed by atoms with E-state index in [1.807, 2.05) is 25.1 Å². The van der Waals surface area contributed by atoms with Crippen LogP contribution in [0.15, 0.2) is 48.5 Å². The van der Waals surface area contributed by atoms with Gasteiger partial charge in [0.05, 0.1) is 0 Å². The highest BCUT2D eigenvalue weighted by atomic mass is 16.2. The van der Waals surface area contributed by atoms with Crippen LogP contribution in [0.25, 0.3) is 0 Å². The molecule has 0 unspecified atom stereocenters. The molecule has 0 saturated carbocycles. The Bertz CT molecular complexity index is 780. The van der Waals surface area contributed by atoms with Gasteiger partial charge in [0.2, 0.25) is 0 Å². The number of nitrogens with one attached hydrogen (secondary N) is 2. The van der Waals surface area contributed by atoms with Gasteiger partial charge in [-0.1, -0.05) is 30.3 Å². The molecular formula is C22H27N3O2. The SMILES string of the molecule is Cc1ccccc1NC(=O)C(=O)NCCCc1ccc(N2CCCC2)cc1. The summed E-state index contributed by atoms with van der Waals surface area (Å²) < 4.78 is 0. The lowest BCUT2D eigenvalue weighted by Gasteiger charge is -2.17. The van der Waals surface area contributed by atoms with E-state index in [0.717, 1.165) is 31.5 Å². The summed E-state index contributed by atoms with van der Waals surface area (Å²) in [4.78, 5) is 26.3. The van der Waals surface area contributed by atoms with Gasteiger partial charge >= 0.3 is 11.8 Å². The largest absolute Gasteiger partial charge is 0.372 e. The quantitative estimate of drug-likeness (QED) is 0.610. The summed E-state index contributed by atoms with van der Waals surface area (Å²) in [5.41, 5.74) is 4.13. The van der Waals surface area contributed by atoms with Gasteiger partial charge in [-0.15, -0.1) is 0 Å². The number of amides is 2. The summed E-state index contributed by atoms with van der Waals surface area (Å²) in [6.07, 6.45) is 4.23. The maximum atomic E-state index is 12.0. The minimum Gasteiger partial charge on any atom is -0.372 e. The van der Waals surface area contributed by atoms with Gasteiger partial charge in [-0.25, -0.2) is 0 Å². The number of anilines is 2. The summed E-state index contributed by atoms with van der Waals surface area (Å²) >= 11 is 0. The smallest absolute Gasteiger partial charge is 0.313 e. The zero-order chi connectivity index (χ0) is 19.1. The fourth-order valence-corrected chi connectivity index (χ4v) is 3.32. The second-order valence-corrected chi connectivity index (χ2v) is 6.99. The number of hydrogen-bond acceptors (Lipinski definition) is 3. The van der Waals surface area contributed by atoms with Crippen molar-refractivity contribution in [1.29, 1.82) is 0 Å². The number of aryl methyl sites for hydroxylation is 2. The molecule has 2 amide bonds. The first-order valence-corrected chi connectivity index (χ1v) is 9.62. The Labute approximate surface area is 160 Å². The van der Waals surface area contributed by atoms with Crippen LogP contribution in [-0.4, -0.2) is 31.4 Å². The molecule has 1 saturated heterocycles. The number of nitrogens with zero attached hydrogens (tertiary/aromatic N) is 1. The second kappa shape index (κ2) is 9.21. The van der Waals surface area contributed by atoms with Crippen molar-refractivity contribution in [1.82, 2.24) is 5.32 Å². The first-order chi connectivity index (χ1) is 13.1. The molecule has 2 aromatic carbocycles.